The molecule has 0 fully saturated rings. The second-order valence-electron chi connectivity index (χ2n) is 5.14. The molecular formula is C17H18ClNOS. The van der Waals surface area contributed by atoms with E-state index in [1.807, 2.05) is 36.6 Å². The zero-order chi connectivity index (χ0) is 14.7. The molecule has 0 saturated heterocycles. The third kappa shape index (κ3) is 3.49. The van der Waals surface area contributed by atoms with Crippen molar-refractivity contribution in [2.45, 2.75) is 25.3 Å². The molecule has 0 spiro atoms. The van der Waals surface area contributed by atoms with Gasteiger partial charge in [-0.15, -0.1) is 11.3 Å². The highest BCUT2D eigenvalue weighted by atomic mass is 35.5. The molecule has 2 heterocycles. The smallest absolute Gasteiger partial charge is 0.134 e. The van der Waals surface area contributed by atoms with Crippen LogP contribution in [-0.2, 0) is 6.42 Å². The van der Waals surface area contributed by atoms with Crippen LogP contribution in [-0.4, -0.2) is 7.05 Å². The lowest BCUT2D eigenvalue weighted by Gasteiger charge is -2.12. The van der Waals surface area contributed by atoms with Crippen LogP contribution in [0.3, 0.4) is 0 Å². The van der Waals surface area contributed by atoms with Crippen molar-refractivity contribution in [3.05, 3.63) is 57.4 Å². The predicted molar refractivity (Wildman–Crippen MR) is 90.3 cm³/mol. The van der Waals surface area contributed by atoms with Crippen molar-refractivity contribution in [1.82, 2.24) is 5.32 Å². The van der Waals surface area contributed by atoms with E-state index in [1.165, 1.54) is 4.88 Å². The number of furan rings is 1. The van der Waals surface area contributed by atoms with Crippen LogP contribution in [0.25, 0.3) is 11.0 Å². The van der Waals surface area contributed by atoms with E-state index < -0.39 is 0 Å². The first-order chi connectivity index (χ1) is 10.3. The molecule has 1 unspecified atom stereocenters. The Labute approximate surface area is 133 Å². The van der Waals surface area contributed by atoms with Crippen LogP contribution < -0.4 is 5.32 Å². The van der Waals surface area contributed by atoms with Gasteiger partial charge in [-0.3, -0.25) is 0 Å². The van der Waals surface area contributed by atoms with Gasteiger partial charge in [0.1, 0.15) is 11.3 Å². The maximum atomic E-state index is 6.03. The van der Waals surface area contributed by atoms with Crippen LogP contribution >= 0.6 is 22.9 Å². The minimum atomic E-state index is 0.246. The molecule has 0 bridgehead atoms. The standard InChI is InChI=1S/C17H18ClNOS/c1-19-15(6-2-4-14-5-3-9-21-14)17-11-12-10-13(18)7-8-16(12)20-17/h3,5,7-11,15,19H,2,4,6H2,1H3. The van der Waals surface area contributed by atoms with Crippen LogP contribution in [0.2, 0.25) is 5.02 Å². The number of nitrogens with one attached hydrogen (secondary N) is 1. The Hall–Kier alpha value is -1.29. The molecule has 1 aromatic carbocycles. The molecule has 21 heavy (non-hydrogen) atoms. The van der Waals surface area contributed by atoms with Gasteiger partial charge in [-0.25, -0.2) is 0 Å². The van der Waals surface area contributed by atoms with Crippen LogP contribution in [0.1, 0.15) is 29.5 Å². The first-order valence-corrected chi connectivity index (χ1v) is 8.40. The number of hydrogen-bond donors (Lipinski definition) is 1. The Balaban J connectivity index is 1.69. The fourth-order valence-corrected chi connectivity index (χ4v) is 3.50. The fraction of sp³-hybridized carbons (Fsp3) is 0.294. The number of aryl methyl sites for hydroxylation is 1. The monoisotopic (exact) mass is 319 g/mol. The highest BCUT2D eigenvalue weighted by Crippen LogP contribution is 2.28. The lowest BCUT2D eigenvalue weighted by molar-refractivity contribution is 0.425. The number of thiophene rings is 1. The number of fused-ring (bicyclic) bond motifs is 1. The molecule has 0 saturated carbocycles. The van der Waals surface area contributed by atoms with Crippen molar-refractivity contribution >= 4 is 33.9 Å². The second-order valence-corrected chi connectivity index (χ2v) is 6.61. The molecule has 0 amide bonds. The average Bonchev–Trinajstić information content (AvgIpc) is 3.12. The van der Waals surface area contributed by atoms with Crippen molar-refractivity contribution < 1.29 is 4.42 Å². The molecule has 3 rings (SSSR count). The van der Waals surface area contributed by atoms with Gasteiger partial charge in [-0.1, -0.05) is 17.7 Å². The third-order valence-electron chi connectivity index (χ3n) is 3.69. The lowest BCUT2D eigenvalue weighted by atomic mass is 10.1. The van der Waals surface area contributed by atoms with Gasteiger partial charge in [0.25, 0.3) is 0 Å². The molecule has 0 aliphatic heterocycles. The Kier molecular flexibility index (Phi) is 4.63. The topological polar surface area (TPSA) is 25.2 Å². The molecule has 1 atom stereocenters. The van der Waals surface area contributed by atoms with Crippen molar-refractivity contribution in [1.29, 1.82) is 0 Å². The fourth-order valence-electron chi connectivity index (χ4n) is 2.57. The number of benzene rings is 1. The van der Waals surface area contributed by atoms with Crippen molar-refractivity contribution in [2.24, 2.45) is 0 Å². The van der Waals surface area contributed by atoms with Crippen LogP contribution in [0.4, 0.5) is 0 Å². The highest BCUT2D eigenvalue weighted by molar-refractivity contribution is 7.09. The Morgan fingerprint density at radius 3 is 2.95 bits per heavy atom. The molecular weight excluding hydrogens is 302 g/mol. The van der Waals surface area contributed by atoms with Gasteiger partial charge in [-0.05, 0) is 62.0 Å². The quantitative estimate of drug-likeness (QED) is 0.655. The van der Waals surface area contributed by atoms with Crippen LogP contribution in [0, 0.1) is 0 Å². The second kappa shape index (κ2) is 6.65. The predicted octanol–water partition coefficient (Wildman–Crippen LogP) is 5.43. The number of rotatable bonds is 6. The van der Waals surface area contributed by atoms with E-state index in [2.05, 4.69) is 28.9 Å². The summed E-state index contributed by atoms with van der Waals surface area (Å²) < 4.78 is 5.95. The van der Waals surface area contributed by atoms with E-state index in [9.17, 15) is 0 Å². The summed E-state index contributed by atoms with van der Waals surface area (Å²) in [5.41, 5.74) is 0.896. The summed E-state index contributed by atoms with van der Waals surface area (Å²) in [5.74, 6) is 0.987. The Morgan fingerprint density at radius 2 is 2.19 bits per heavy atom. The van der Waals surface area contributed by atoms with E-state index in [0.29, 0.717) is 0 Å². The average molecular weight is 320 g/mol. The van der Waals surface area contributed by atoms with E-state index >= 15 is 0 Å². The highest BCUT2D eigenvalue weighted by Gasteiger charge is 2.14. The van der Waals surface area contributed by atoms with E-state index in [4.69, 9.17) is 16.0 Å². The third-order valence-corrected chi connectivity index (χ3v) is 4.86. The van der Waals surface area contributed by atoms with Crippen molar-refractivity contribution in [2.75, 3.05) is 7.05 Å². The Morgan fingerprint density at radius 1 is 1.29 bits per heavy atom. The van der Waals surface area contributed by atoms with Gasteiger partial charge < -0.3 is 9.73 Å². The summed E-state index contributed by atoms with van der Waals surface area (Å²) in [5, 5.41) is 7.29. The minimum Gasteiger partial charge on any atom is -0.459 e. The summed E-state index contributed by atoms with van der Waals surface area (Å²) in [6.45, 7) is 0. The van der Waals surface area contributed by atoms with Crippen LogP contribution in [0.5, 0.6) is 0 Å². The molecule has 2 aromatic heterocycles. The van der Waals surface area contributed by atoms with E-state index in [1.54, 1.807) is 0 Å². The number of halogens is 1. The molecule has 4 heteroatoms. The summed E-state index contributed by atoms with van der Waals surface area (Å²) in [6.07, 6.45) is 3.33. The molecule has 3 aromatic rings. The maximum Gasteiger partial charge on any atom is 0.134 e. The molecule has 0 aliphatic rings. The van der Waals surface area contributed by atoms with Crippen molar-refractivity contribution in [3.63, 3.8) is 0 Å². The van der Waals surface area contributed by atoms with Gasteiger partial charge in [-0.2, -0.15) is 0 Å². The first kappa shape index (κ1) is 14.6. The molecule has 1 N–H and O–H groups in total. The summed E-state index contributed by atoms with van der Waals surface area (Å²) in [7, 11) is 1.98. The van der Waals surface area contributed by atoms with Gasteiger partial charge in [0.05, 0.1) is 6.04 Å². The normalized spacial score (nSPS) is 12.9. The maximum absolute atomic E-state index is 6.03. The van der Waals surface area contributed by atoms with Gasteiger partial charge in [0, 0.05) is 15.3 Å². The van der Waals surface area contributed by atoms with E-state index in [0.717, 1.165) is 41.0 Å². The molecule has 0 radical (unpaired) electrons. The van der Waals surface area contributed by atoms with Gasteiger partial charge in [0.15, 0.2) is 0 Å². The molecule has 2 nitrogen and oxygen atoms in total. The van der Waals surface area contributed by atoms with Gasteiger partial charge in [0.2, 0.25) is 0 Å². The minimum absolute atomic E-state index is 0.246. The SMILES string of the molecule is CNC(CCCc1cccs1)c1cc2cc(Cl)ccc2o1. The molecule has 0 aliphatic carbocycles. The Bertz CT molecular complexity index is 705. The largest absolute Gasteiger partial charge is 0.459 e. The van der Waals surface area contributed by atoms with E-state index in [-0.39, 0.29) is 6.04 Å². The summed E-state index contributed by atoms with van der Waals surface area (Å²) in [6, 6.07) is 12.4. The lowest BCUT2D eigenvalue weighted by Crippen LogP contribution is -2.15. The van der Waals surface area contributed by atoms with Crippen molar-refractivity contribution in [3.8, 4) is 0 Å². The zero-order valence-corrected chi connectivity index (χ0v) is 13.5. The number of hydrogen-bond acceptors (Lipinski definition) is 3. The summed E-state index contributed by atoms with van der Waals surface area (Å²) in [4.78, 5) is 1.45. The van der Waals surface area contributed by atoms with Crippen LogP contribution in [0.15, 0.2) is 46.2 Å². The summed E-state index contributed by atoms with van der Waals surface area (Å²) >= 11 is 7.85. The van der Waals surface area contributed by atoms with Gasteiger partial charge >= 0.3 is 0 Å². The molecule has 110 valence electrons. The first-order valence-electron chi connectivity index (χ1n) is 7.15. The zero-order valence-electron chi connectivity index (χ0n) is 11.9.